The average Bonchev–Trinajstić information content (AvgIpc) is 2.25. The van der Waals surface area contributed by atoms with E-state index in [0.717, 1.165) is 19.5 Å². The molecule has 0 aromatic carbocycles. The summed E-state index contributed by atoms with van der Waals surface area (Å²) < 4.78 is 0. The molecule has 80 valence electrons. The van der Waals surface area contributed by atoms with E-state index in [1.165, 1.54) is 38.9 Å². The monoisotopic (exact) mass is 195 g/mol. The maximum absolute atomic E-state index is 8.34. The number of hydrogen-bond acceptors (Lipinski definition) is 3. The normalized spacial score (nSPS) is 17.9. The topological polar surface area (TPSA) is 39.1 Å². The SMILES string of the molecule is N#CCCCNCCN1CCCCC1. The van der Waals surface area contributed by atoms with Gasteiger partial charge in [0, 0.05) is 19.5 Å². The molecule has 1 N–H and O–H groups in total. The van der Waals surface area contributed by atoms with Crippen LogP contribution in [0.3, 0.4) is 0 Å². The van der Waals surface area contributed by atoms with Gasteiger partial charge in [-0.25, -0.2) is 0 Å². The summed E-state index contributed by atoms with van der Waals surface area (Å²) in [5.41, 5.74) is 0. The Labute approximate surface area is 87.1 Å². The molecule has 0 atom stereocenters. The highest BCUT2D eigenvalue weighted by Crippen LogP contribution is 2.07. The van der Waals surface area contributed by atoms with Crippen LogP contribution in [0.25, 0.3) is 0 Å². The van der Waals surface area contributed by atoms with Crippen molar-refractivity contribution in [1.82, 2.24) is 10.2 Å². The van der Waals surface area contributed by atoms with Crippen molar-refractivity contribution in [2.75, 3.05) is 32.7 Å². The molecular formula is C11H21N3. The minimum atomic E-state index is 0.677. The maximum Gasteiger partial charge on any atom is 0.0622 e. The third kappa shape index (κ3) is 5.21. The van der Waals surface area contributed by atoms with Crippen LogP contribution in [0.15, 0.2) is 0 Å². The Hall–Kier alpha value is -0.590. The molecule has 1 aliphatic heterocycles. The van der Waals surface area contributed by atoms with E-state index in [1.807, 2.05) is 0 Å². The molecule has 1 heterocycles. The first kappa shape index (κ1) is 11.5. The van der Waals surface area contributed by atoms with Crippen molar-refractivity contribution in [2.24, 2.45) is 0 Å². The van der Waals surface area contributed by atoms with Gasteiger partial charge >= 0.3 is 0 Å². The van der Waals surface area contributed by atoms with Gasteiger partial charge in [-0.1, -0.05) is 6.42 Å². The summed E-state index contributed by atoms with van der Waals surface area (Å²) in [5.74, 6) is 0. The second-order valence-electron chi connectivity index (χ2n) is 3.91. The molecule has 3 nitrogen and oxygen atoms in total. The summed E-state index contributed by atoms with van der Waals surface area (Å²) in [4.78, 5) is 2.53. The second kappa shape index (κ2) is 7.78. The Morgan fingerprint density at radius 2 is 1.93 bits per heavy atom. The molecule has 1 aliphatic rings. The Morgan fingerprint density at radius 3 is 2.64 bits per heavy atom. The van der Waals surface area contributed by atoms with Crippen LogP contribution >= 0.6 is 0 Å². The van der Waals surface area contributed by atoms with E-state index in [4.69, 9.17) is 5.26 Å². The van der Waals surface area contributed by atoms with E-state index in [1.54, 1.807) is 0 Å². The lowest BCUT2D eigenvalue weighted by molar-refractivity contribution is 0.229. The van der Waals surface area contributed by atoms with Gasteiger partial charge in [-0.2, -0.15) is 5.26 Å². The van der Waals surface area contributed by atoms with Crippen LogP contribution in [0.2, 0.25) is 0 Å². The van der Waals surface area contributed by atoms with Crippen molar-refractivity contribution in [3.8, 4) is 6.07 Å². The van der Waals surface area contributed by atoms with E-state index in [-0.39, 0.29) is 0 Å². The van der Waals surface area contributed by atoms with Gasteiger partial charge in [0.2, 0.25) is 0 Å². The van der Waals surface area contributed by atoms with Crippen molar-refractivity contribution in [2.45, 2.75) is 32.1 Å². The molecule has 3 heteroatoms. The molecule has 1 saturated heterocycles. The first-order chi connectivity index (χ1) is 6.93. The fraction of sp³-hybridized carbons (Fsp3) is 0.909. The number of piperidine rings is 1. The first-order valence-corrected chi connectivity index (χ1v) is 5.73. The van der Waals surface area contributed by atoms with Crippen molar-refractivity contribution < 1.29 is 0 Å². The molecule has 0 radical (unpaired) electrons. The predicted molar refractivity (Wildman–Crippen MR) is 58.0 cm³/mol. The lowest BCUT2D eigenvalue weighted by atomic mass is 10.1. The molecule has 0 spiro atoms. The fourth-order valence-corrected chi connectivity index (χ4v) is 1.84. The number of rotatable bonds is 6. The zero-order valence-electron chi connectivity index (χ0n) is 8.97. The molecule has 1 rings (SSSR count). The van der Waals surface area contributed by atoms with Crippen LogP contribution in [0, 0.1) is 11.3 Å². The summed E-state index contributed by atoms with van der Waals surface area (Å²) >= 11 is 0. The zero-order valence-corrected chi connectivity index (χ0v) is 8.97. The highest BCUT2D eigenvalue weighted by atomic mass is 15.1. The highest BCUT2D eigenvalue weighted by Gasteiger charge is 2.08. The lowest BCUT2D eigenvalue weighted by Gasteiger charge is -2.26. The molecule has 0 amide bonds. The summed E-state index contributed by atoms with van der Waals surface area (Å²) in [6.45, 7) is 5.79. The van der Waals surface area contributed by atoms with Crippen molar-refractivity contribution in [3.05, 3.63) is 0 Å². The predicted octanol–water partition coefficient (Wildman–Crippen LogP) is 1.37. The molecule has 0 aliphatic carbocycles. The molecule has 0 saturated carbocycles. The van der Waals surface area contributed by atoms with Crippen molar-refractivity contribution >= 4 is 0 Å². The molecule has 14 heavy (non-hydrogen) atoms. The van der Waals surface area contributed by atoms with Gasteiger partial charge in [-0.15, -0.1) is 0 Å². The van der Waals surface area contributed by atoms with E-state index in [2.05, 4.69) is 16.3 Å². The van der Waals surface area contributed by atoms with Crippen LogP contribution < -0.4 is 5.32 Å². The van der Waals surface area contributed by atoms with Gasteiger partial charge in [-0.05, 0) is 38.9 Å². The van der Waals surface area contributed by atoms with E-state index < -0.39 is 0 Å². The molecule has 0 aromatic rings. The molecule has 1 fully saturated rings. The number of nitrogens with one attached hydrogen (secondary N) is 1. The van der Waals surface area contributed by atoms with Gasteiger partial charge in [0.25, 0.3) is 0 Å². The number of nitrogens with zero attached hydrogens (tertiary/aromatic N) is 2. The average molecular weight is 195 g/mol. The van der Waals surface area contributed by atoms with Crippen LogP contribution in [0.4, 0.5) is 0 Å². The second-order valence-corrected chi connectivity index (χ2v) is 3.91. The minimum Gasteiger partial charge on any atom is -0.315 e. The van der Waals surface area contributed by atoms with Crippen LogP contribution in [0.5, 0.6) is 0 Å². The molecule has 0 bridgehead atoms. The van der Waals surface area contributed by atoms with Crippen LogP contribution in [0.1, 0.15) is 32.1 Å². The van der Waals surface area contributed by atoms with E-state index in [0.29, 0.717) is 6.42 Å². The van der Waals surface area contributed by atoms with E-state index >= 15 is 0 Å². The lowest BCUT2D eigenvalue weighted by Crippen LogP contribution is -2.36. The number of hydrogen-bond donors (Lipinski definition) is 1. The van der Waals surface area contributed by atoms with Gasteiger partial charge in [-0.3, -0.25) is 0 Å². The molecular weight excluding hydrogens is 174 g/mol. The summed E-state index contributed by atoms with van der Waals surface area (Å²) in [5, 5.41) is 11.7. The van der Waals surface area contributed by atoms with Gasteiger partial charge < -0.3 is 10.2 Å². The molecule has 0 unspecified atom stereocenters. The fourth-order valence-electron chi connectivity index (χ4n) is 1.84. The quantitative estimate of drug-likeness (QED) is 0.651. The largest absolute Gasteiger partial charge is 0.315 e. The van der Waals surface area contributed by atoms with Gasteiger partial charge in [0.15, 0.2) is 0 Å². The summed E-state index contributed by atoms with van der Waals surface area (Å²) in [6, 6.07) is 2.16. The number of nitriles is 1. The van der Waals surface area contributed by atoms with E-state index in [9.17, 15) is 0 Å². The Kier molecular flexibility index (Phi) is 6.38. The van der Waals surface area contributed by atoms with Crippen molar-refractivity contribution in [3.63, 3.8) is 0 Å². The summed E-state index contributed by atoms with van der Waals surface area (Å²) in [6.07, 6.45) is 5.81. The Balaban J connectivity index is 1.85. The molecule has 0 aromatic heterocycles. The zero-order chi connectivity index (χ0) is 10.1. The van der Waals surface area contributed by atoms with Gasteiger partial charge in [0.1, 0.15) is 0 Å². The smallest absolute Gasteiger partial charge is 0.0622 e. The number of likely N-dealkylation sites (tertiary alicyclic amines) is 1. The minimum absolute atomic E-state index is 0.677. The summed E-state index contributed by atoms with van der Waals surface area (Å²) in [7, 11) is 0. The Bertz CT molecular complexity index is 168. The van der Waals surface area contributed by atoms with Gasteiger partial charge in [0.05, 0.1) is 6.07 Å². The highest BCUT2D eigenvalue weighted by molar-refractivity contribution is 4.69. The first-order valence-electron chi connectivity index (χ1n) is 5.73. The van der Waals surface area contributed by atoms with Crippen LogP contribution in [-0.4, -0.2) is 37.6 Å². The van der Waals surface area contributed by atoms with Crippen LogP contribution in [-0.2, 0) is 0 Å². The third-order valence-electron chi connectivity index (χ3n) is 2.70. The third-order valence-corrected chi connectivity index (χ3v) is 2.70. The van der Waals surface area contributed by atoms with Crippen molar-refractivity contribution in [1.29, 1.82) is 5.26 Å². The Morgan fingerprint density at radius 1 is 1.14 bits per heavy atom. The standard InChI is InChI=1S/C11H21N3/c12-6-2-3-7-13-8-11-14-9-4-1-5-10-14/h13H,1-5,7-11H2. The maximum atomic E-state index is 8.34. The number of unbranched alkanes of at least 4 members (excludes halogenated alkanes) is 1.